The van der Waals surface area contributed by atoms with Crippen molar-refractivity contribution in [1.29, 1.82) is 0 Å². The number of carbonyl (C=O) groups excluding carboxylic acids is 1. The molecule has 1 aromatic carbocycles. The minimum absolute atomic E-state index is 0.165. The minimum atomic E-state index is -0.165. The molecule has 0 saturated heterocycles. The molecular formula is C15H17N3O. The van der Waals surface area contributed by atoms with Gasteiger partial charge in [-0.25, -0.2) is 0 Å². The number of aryl methyl sites for hydroxylation is 1. The second-order valence-electron chi connectivity index (χ2n) is 4.18. The number of anilines is 2. The largest absolute Gasteiger partial charge is 0.387 e. The van der Waals surface area contributed by atoms with Crippen molar-refractivity contribution in [3.63, 3.8) is 0 Å². The fraction of sp³-hybridized carbons (Fsp3) is 0.200. The number of pyridine rings is 1. The van der Waals surface area contributed by atoms with Crippen LogP contribution in [0, 0.1) is 0 Å². The number of amides is 1. The SMILES string of the molecule is CCc1ccc(NC(=O)c2cnccc2NC)cc1. The molecule has 2 aromatic rings. The number of rotatable bonds is 4. The van der Waals surface area contributed by atoms with E-state index in [9.17, 15) is 4.79 Å². The number of carbonyl (C=O) groups is 1. The molecule has 0 saturated carbocycles. The molecule has 0 aliphatic heterocycles. The van der Waals surface area contributed by atoms with Gasteiger partial charge in [0.15, 0.2) is 0 Å². The Kier molecular flexibility index (Phi) is 4.13. The summed E-state index contributed by atoms with van der Waals surface area (Å²) in [6.45, 7) is 2.10. The van der Waals surface area contributed by atoms with Gasteiger partial charge in [0.1, 0.15) is 0 Å². The third kappa shape index (κ3) is 3.10. The molecule has 0 atom stereocenters. The van der Waals surface area contributed by atoms with Crippen LogP contribution in [0.15, 0.2) is 42.7 Å². The molecule has 0 fully saturated rings. The predicted octanol–water partition coefficient (Wildman–Crippen LogP) is 2.94. The highest BCUT2D eigenvalue weighted by molar-refractivity contribution is 6.07. The van der Waals surface area contributed by atoms with Gasteiger partial charge >= 0.3 is 0 Å². The maximum Gasteiger partial charge on any atom is 0.259 e. The van der Waals surface area contributed by atoms with Crippen molar-refractivity contribution in [2.75, 3.05) is 17.7 Å². The number of aromatic nitrogens is 1. The van der Waals surface area contributed by atoms with Gasteiger partial charge in [0.05, 0.1) is 5.56 Å². The van der Waals surface area contributed by atoms with E-state index in [1.54, 1.807) is 25.5 Å². The molecule has 1 heterocycles. The Morgan fingerprint density at radius 2 is 1.95 bits per heavy atom. The summed E-state index contributed by atoms with van der Waals surface area (Å²) >= 11 is 0. The number of hydrogen-bond donors (Lipinski definition) is 2. The Labute approximate surface area is 112 Å². The zero-order valence-corrected chi connectivity index (χ0v) is 11.1. The standard InChI is InChI=1S/C15H17N3O/c1-3-11-4-6-12(7-5-11)18-15(19)13-10-17-9-8-14(13)16-2/h4-10H,3H2,1-2H3,(H,16,17)(H,18,19). The van der Waals surface area contributed by atoms with Crippen LogP contribution >= 0.6 is 0 Å². The average Bonchev–Trinajstić information content (AvgIpc) is 2.48. The van der Waals surface area contributed by atoms with Gasteiger partial charge in [0.25, 0.3) is 5.91 Å². The van der Waals surface area contributed by atoms with Crippen LogP contribution in [0.4, 0.5) is 11.4 Å². The number of benzene rings is 1. The molecule has 4 heteroatoms. The summed E-state index contributed by atoms with van der Waals surface area (Å²) in [5, 5.41) is 5.84. The number of hydrogen-bond acceptors (Lipinski definition) is 3. The monoisotopic (exact) mass is 255 g/mol. The van der Waals surface area contributed by atoms with Crippen LogP contribution in [0.25, 0.3) is 0 Å². The topological polar surface area (TPSA) is 54.0 Å². The molecular weight excluding hydrogens is 238 g/mol. The molecule has 1 amide bonds. The third-order valence-corrected chi connectivity index (χ3v) is 2.96. The van der Waals surface area contributed by atoms with Crippen molar-refractivity contribution in [3.05, 3.63) is 53.9 Å². The van der Waals surface area contributed by atoms with Crippen LogP contribution < -0.4 is 10.6 Å². The number of nitrogens with zero attached hydrogens (tertiary/aromatic N) is 1. The lowest BCUT2D eigenvalue weighted by atomic mass is 10.1. The van der Waals surface area contributed by atoms with Crippen molar-refractivity contribution in [1.82, 2.24) is 4.98 Å². The van der Waals surface area contributed by atoms with Crippen LogP contribution in [-0.2, 0) is 6.42 Å². The first-order valence-electron chi connectivity index (χ1n) is 6.26. The minimum Gasteiger partial charge on any atom is -0.387 e. The molecule has 0 unspecified atom stereocenters. The summed E-state index contributed by atoms with van der Waals surface area (Å²) in [6, 6.07) is 9.61. The molecule has 2 rings (SSSR count). The van der Waals surface area contributed by atoms with E-state index in [1.165, 1.54) is 5.56 Å². The first-order chi connectivity index (χ1) is 9.24. The fourth-order valence-electron chi connectivity index (χ4n) is 1.82. The quantitative estimate of drug-likeness (QED) is 0.883. The molecule has 4 nitrogen and oxygen atoms in total. The highest BCUT2D eigenvalue weighted by Gasteiger charge is 2.10. The fourth-order valence-corrected chi connectivity index (χ4v) is 1.82. The van der Waals surface area contributed by atoms with Crippen molar-refractivity contribution in [2.24, 2.45) is 0 Å². The van der Waals surface area contributed by atoms with E-state index in [2.05, 4.69) is 22.5 Å². The van der Waals surface area contributed by atoms with Crippen LogP contribution in [0.2, 0.25) is 0 Å². The molecule has 19 heavy (non-hydrogen) atoms. The summed E-state index contributed by atoms with van der Waals surface area (Å²) in [4.78, 5) is 16.1. The maximum absolute atomic E-state index is 12.2. The summed E-state index contributed by atoms with van der Waals surface area (Å²) < 4.78 is 0. The molecule has 0 radical (unpaired) electrons. The Balaban J connectivity index is 2.16. The second-order valence-corrected chi connectivity index (χ2v) is 4.18. The van der Waals surface area contributed by atoms with E-state index < -0.39 is 0 Å². The summed E-state index contributed by atoms with van der Waals surface area (Å²) in [5.74, 6) is -0.165. The van der Waals surface area contributed by atoms with E-state index in [0.29, 0.717) is 5.56 Å². The molecule has 1 aromatic heterocycles. The normalized spacial score (nSPS) is 10.0. The molecule has 0 spiro atoms. The molecule has 0 aliphatic carbocycles. The molecule has 2 N–H and O–H groups in total. The Bertz CT molecular complexity index is 564. The smallest absolute Gasteiger partial charge is 0.259 e. The first-order valence-corrected chi connectivity index (χ1v) is 6.26. The van der Waals surface area contributed by atoms with E-state index in [0.717, 1.165) is 17.8 Å². The van der Waals surface area contributed by atoms with E-state index in [-0.39, 0.29) is 5.91 Å². The van der Waals surface area contributed by atoms with Crippen LogP contribution in [0.3, 0.4) is 0 Å². The van der Waals surface area contributed by atoms with Gasteiger partial charge in [-0.05, 0) is 30.2 Å². The zero-order valence-electron chi connectivity index (χ0n) is 11.1. The van der Waals surface area contributed by atoms with Gasteiger partial charge in [-0.15, -0.1) is 0 Å². The van der Waals surface area contributed by atoms with Crippen molar-refractivity contribution in [2.45, 2.75) is 13.3 Å². The second kappa shape index (κ2) is 6.00. The zero-order chi connectivity index (χ0) is 13.7. The Morgan fingerprint density at radius 3 is 2.58 bits per heavy atom. The van der Waals surface area contributed by atoms with Crippen molar-refractivity contribution in [3.8, 4) is 0 Å². The van der Waals surface area contributed by atoms with Gasteiger partial charge < -0.3 is 10.6 Å². The van der Waals surface area contributed by atoms with E-state index >= 15 is 0 Å². The van der Waals surface area contributed by atoms with Gasteiger partial charge in [-0.1, -0.05) is 19.1 Å². The lowest BCUT2D eigenvalue weighted by Gasteiger charge is -2.09. The highest BCUT2D eigenvalue weighted by Crippen LogP contribution is 2.16. The molecule has 0 bridgehead atoms. The maximum atomic E-state index is 12.2. The summed E-state index contributed by atoms with van der Waals surface area (Å²) in [6.07, 6.45) is 4.20. The van der Waals surface area contributed by atoms with Crippen LogP contribution in [-0.4, -0.2) is 17.9 Å². The van der Waals surface area contributed by atoms with E-state index in [4.69, 9.17) is 0 Å². The summed E-state index contributed by atoms with van der Waals surface area (Å²) in [7, 11) is 1.78. The molecule has 98 valence electrons. The lowest BCUT2D eigenvalue weighted by Crippen LogP contribution is -2.14. The van der Waals surface area contributed by atoms with Gasteiger partial charge in [0, 0.05) is 30.8 Å². The highest BCUT2D eigenvalue weighted by atomic mass is 16.1. The average molecular weight is 255 g/mol. The van der Waals surface area contributed by atoms with Crippen molar-refractivity contribution < 1.29 is 4.79 Å². The van der Waals surface area contributed by atoms with E-state index in [1.807, 2.05) is 24.3 Å². The van der Waals surface area contributed by atoms with Crippen LogP contribution in [0.1, 0.15) is 22.8 Å². The van der Waals surface area contributed by atoms with Crippen molar-refractivity contribution >= 4 is 17.3 Å². The van der Waals surface area contributed by atoms with Gasteiger partial charge in [-0.2, -0.15) is 0 Å². The van der Waals surface area contributed by atoms with Crippen LogP contribution in [0.5, 0.6) is 0 Å². The first kappa shape index (κ1) is 13.1. The number of nitrogens with one attached hydrogen (secondary N) is 2. The molecule has 0 aliphatic rings. The lowest BCUT2D eigenvalue weighted by molar-refractivity contribution is 0.102. The van der Waals surface area contributed by atoms with Gasteiger partial charge in [0.2, 0.25) is 0 Å². The Hall–Kier alpha value is -2.36. The Morgan fingerprint density at radius 1 is 1.21 bits per heavy atom. The van der Waals surface area contributed by atoms with Gasteiger partial charge in [-0.3, -0.25) is 9.78 Å². The third-order valence-electron chi connectivity index (χ3n) is 2.96. The predicted molar refractivity (Wildman–Crippen MR) is 77.6 cm³/mol. The summed E-state index contributed by atoms with van der Waals surface area (Å²) in [5.41, 5.74) is 3.32.